The van der Waals surface area contributed by atoms with Crippen LogP contribution >= 0.6 is 0 Å². The van der Waals surface area contributed by atoms with E-state index in [4.69, 9.17) is 0 Å². The van der Waals surface area contributed by atoms with E-state index in [1.165, 1.54) is 6.07 Å². The van der Waals surface area contributed by atoms with Crippen LogP contribution in [0.1, 0.15) is 17.0 Å². The van der Waals surface area contributed by atoms with Gasteiger partial charge < -0.3 is 5.32 Å². The minimum absolute atomic E-state index is 0.199. The maximum absolute atomic E-state index is 13.0. The molecule has 0 fully saturated rings. The molecule has 2 rings (SSSR count). The number of nitrogens with zero attached hydrogens (tertiary/aromatic N) is 2. The van der Waals surface area contributed by atoms with Crippen molar-refractivity contribution in [3.8, 4) is 0 Å². The summed E-state index contributed by atoms with van der Waals surface area (Å²) in [5, 5.41) is 3.15. The average Bonchev–Trinajstić information content (AvgIpc) is 2.27. The van der Waals surface area contributed by atoms with E-state index in [2.05, 4.69) is 15.3 Å². The Morgan fingerprint density at radius 3 is 2.50 bits per heavy atom. The molecule has 0 bridgehead atoms. The molecule has 2 aromatic rings. The van der Waals surface area contributed by atoms with Crippen molar-refractivity contribution in [1.82, 2.24) is 9.97 Å². The fourth-order valence-electron chi connectivity index (χ4n) is 1.82. The van der Waals surface area contributed by atoms with Crippen LogP contribution in [0.25, 0.3) is 0 Å². The standard InChI is InChI=1S/C14H16FN3/c1-10-8-11(2)18-14(17-10)16-7-6-12-4-3-5-13(15)9-12/h3-5,8-9H,6-7H2,1-2H3,(H,16,17,18). The van der Waals surface area contributed by atoms with Crippen LogP contribution in [0.4, 0.5) is 10.3 Å². The number of rotatable bonds is 4. The molecule has 0 radical (unpaired) electrons. The minimum atomic E-state index is -0.199. The van der Waals surface area contributed by atoms with Gasteiger partial charge >= 0.3 is 0 Å². The number of hydrogen-bond donors (Lipinski definition) is 1. The predicted octanol–water partition coefficient (Wildman–Crippen LogP) is 2.89. The van der Waals surface area contributed by atoms with Crippen molar-refractivity contribution in [2.45, 2.75) is 20.3 Å². The molecule has 94 valence electrons. The number of aromatic nitrogens is 2. The smallest absolute Gasteiger partial charge is 0.223 e. The second-order valence-corrected chi connectivity index (χ2v) is 4.28. The Balaban J connectivity index is 1.92. The molecule has 0 aliphatic rings. The summed E-state index contributed by atoms with van der Waals surface area (Å²) in [5.41, 5.74) is 2.85. The maximum atomic E-state index is 13.0. The summed E-state index contributed by atoms with van der Waals surface area (Å²) in [6.07, 6.45) is 0.744. The zero-order chi connectivity index (χ0) is 13.0. The highest BCUT2D eigenvalue weighted by atomic mass is 19.1. The second kappa shape index (κ2) is 5.58. The van der Waals surface area contributed by atoms with Gasteiger partial charge in [-0.3, -0.25) is 0 Å². The fourth-order valence-corrected chi connectivity index (χ4v) is 1.82. The number of anilines is 1. The van der Waals surface area contributed by atoms with Gasteiger partial charge in [0, 0.05) is 17.9 Å². The monoisotopic (exact) mass is 245 g/mol. The van der Waals surface area contributed by atoms with Crippen LogP contribution in [0.5, 0.6) is 0 Å². The summed E-state index contributed by atoms with van der Waals surface area (Å²) in [7, 11) is 0. The van der Waals surface area contributed by atoms with Gasteiger partial charge in [0.2, 0.25) is 5.95 Å². The van der Waals surface area contributed by atoms with Gasteiger partial charge in [0.1, 0.15) is 5.82 Å². The molecule has 0 saturated carbocycles. The molecular formula is C14H16FN3. The van der Waals surface area contributed by atoms with Gasteiger partial charge in [-0.25, -0.2) is 14.4 Å². The lowest BCUT2D eigenvalue weighted by molar-refractivity contribution is 0.625. The molecule has 0 aliphatic heterocycles. The van der Waals surface area contributed by atoms with Crippen LogP contribution in [0, 0.1) is 19.7 Å². The third kappa shape index (κ3) is 3.52. The lowest BCUT2D eigenvalue weighted by Crippen LogP contribution is -2.09. The quantitative estimate of drug-likeness (QED) is 0.900. The number of aryl methyl sites for hydroxylation is 2. The van der Waals surface area contributed by atoms with Gasteiger partial charge in [-0.05, 0) is 44.0 Å². The van der Waals surface area contributed by atoms with Gasteiger partial charge in [0.05, 0.1) is 0 Å². The van der Waals surface area contributed by atoms with E-state index in [-0.39, 0.29) is 5.82 Å². The van der Waals surface area contributed by atoms with Crippen LogP contribution in [-0.4, -0.2) is 16.5 Å². The van der Waals surface area contributed by atoms with Crippen LogP contribution in [-0.2, 0) is 6.42 Å². The number of hydrogen-bond acceptors (Lipinski definition) is 3. The van der Waals surface area contributed by atoms with Gasteiger partial charge in [0.25, 0.3) is 0 Å². The molecule has 0 saturated heterocycles. The molecule has 1 heterocycles. The fraction of sp³-hybridized carbons (Fsp3) is 0.286. The molecule has 0 unspecified atom stereocenters. The molecule has 1 aromatic heterocycles. The molecule has 0 spiro atoms. The first kappa shape index (κ1) is 12.5. The molecule has 0 aliphatic carbocycles. The lowest BCUT2D eigenvalue weighted by atomic mass is 10.1. The minimum Gasteiger partial charge on any atom is -0.354 e. The van der Waals surface area contributed by atoms with E-state index >= 15 is 0 Å². The van der Waals surface area contributed by atoms with Crippen molar-refractivity contribution in [2.24, 2.45) is 0 Å². The first-order chi connectivity index (χ1) is 8.63. The number of halogens is 1. The largest absolute Gasteiger partial charge is 0.354 e. The van der Waals surface area contributed by atoms with E-state index in [0.29, 0.717) is 12.5 Å². The number of nitrogens with one attached hydrogen (secondary N) is 1. The van der Waals surface area contributed by atoms with Crippen LogP contribution < -0.4 is 5.32 Å². The summed E-state index contributed by atoms with van der Waals surface area (Å²) in [5.74, 6) is 0.430. The van der Waals surface area contributed by atoms with Crippen LogP contribution in [0.15, 0.2) is 30.3 Å². The normalized spacial score (nSPS) is 10.4. The van der Waals surface area contributed by atoms with Gasteiger partial charge in [-0.2, -0.15) is 0 Å². The highest BCUT2D eigenvalue weighted by Crippen LogP contribution is 2.06. The molecule has 1 N–H and O–H groups in total. The SMILES string of the molecule is Cc1cc(C)nc(NCCc2cccc(F)c2)n1. The van der Waals surface area contributed by atoms with E-state index in [9.17, 15) is 4.39 Å². The van der Waals surface area contributed by atoms with Crippen LogP contribution in [0.2, 0.25) is 0 Å². The van der Waals surface area contributed by atoms with Crippen molar-refractivity contribution in [3.05, 3.63) is 53.1 Å². The van der Waals surface area contributed by atoms with Crippen molar-refractivity contribution in [3.63, 3.8) is 0 Å². The third-order valence-corrected chi connectivity index (χ3v) is 2.57. The Kier molecular flexibility index (Phi) is 3.87. The van der Waals surface area contributed by atoms with Gasteiger partial charge in [-0.15, -0.1) is 0 Å². The molecule has 4 heteroatoms. The molecular weight excluding hydrogens is 229 g/mol. The number of benzene rings is 1. The zero-order valence-electron chi connectivity index (χ0n) is 10.6. The molecule has 0 amide bonds. The summed E-state index contributed by atoms with van der Waals surface area (Å²) >= 11 is 0. The summed E-state index contributed by atoms with van der Waals surface area (Å²) < 4.78 is 13.0. The molecule has 0 atom stereocenters. The Labute approximate surface area is 106 Å². The second-order valence-electron chi connectivity index (χ2n) is 4.28. The lowest BCUT2D eigenvalue weighted by Gasteiger charge is -2.06. The van der Waals surface area contributed by atoms with E-state index in [1.807, 2.05) is 26.0 Å². The topological polar surface area (TPSA) is 37.8 Å². The summed E-state index contributed by atoms with van der Waals surface area (Å²) in [4.78, 5) is 8.57. The van der Waals surface area contributed by atoms with Crippen molar-refractivity contribution in [1.29, 1.82) is 0 Å². The van der Waals surface area contributed by atoms with Crippen molar-refractivity contribution < 1.29 is 4.39 Å². The Morgan fingerprint density at radius 1 is 1.11 bits per heavy atom. The molecule has 3 nitrogen and oxygen atoms in total. The first-order valence-electron chi connectivity index (χ1n) is 5.94. The summed E-state index contributed by atoms with van der Waals surface area (Å²) in [6, 6.07) is 8.55. The van der Waals surface area contributed by atoms with E-state index in [0.717, 1.165) is 23.4 Å². The van der Waals surface area contributed by atoms with Crippen molar-refractivity contribution in [2.75, 3.05) is 11.9 Å². The van der Waals surface area contributed by atoms with Crippen molar-refractivity contribution >= 4 is 5.95 Å². The van der Waals surface area contributed by atoms with Gasteiger partial charge in [-0.1, -0.05) is 12.1 Å². The van der Waals surface area contributed by atoms with Gasteiger partial charge in [0.15, 0.2) is 0 Å². The average molecular weight is 245 g/mol. The molecule has 18 heavy (non-hydrogen) atoms. The zero-order valence-corrected chi connectivity index (χ0v) is 10.6. The maximum Gasteiger partial charge on any atom is 0.223 e. The predicted molar refractivity (Wildman–Crippen MR) is 70.1 cm³/mol. The summed E-state index contributed by atoms with van der Waals surface area (Å²) in [6.45, 7) is 4.56. The van der Waals surface area contributed by atoms with E-state index < -0.39 is 0 Å². The first-order valence-corrected chi connectivity index (χ1v) is 5.94. The Morgan fingerprint density at radius 2 is 1.83 bits per heavy atom. The van der Waals surface area contributed by atoms with Crippen LogP contribution in [0.3, 0.4) is 0 Å². The highest BCUT2D eigenvalue weighted by Gasteiger charge is 1.99. The molecule has 1 aromatic carbocycles. The van der Waals surface area contributed by atoms with E-state index in [1.54, 1.807) is 12.1 Å². The Bertz CT molecular complexity index is 520. The Hall–Kier alpha value is -1.97. The highest BCUT2D eigenvalue weighted by molar-refractivity contribution is 5.28. The third-order valence-electron chi connectivity index (χ3n) is 2.57.